The van der Waals surface area contributed by atoms with Crippen molar-refractivity contribution in [1.82, 2.24) is 0 Å². The maximum atomic E-state index is 12.7. The first-order valence-corrected chi connectivity index (χ1v) is 20.8. The highest BCUT2D eigenvalue weighted by molar-refractivity contribution is 5.92. The van der Waals surface area contributed by atoms with Crippen LogP contribution in [0.15, 0.2) is 131 Å². The van der Waals surface area contributed by atoms with Crippen molar-refractivity contribution in [3.05, 3.63) is 144 Å². The fourth-order valence-electron chi connectivity index (χ4n) is 6.05. The smallest absolute Gasteiger partial charge is 0.343 e. The Morgan fingerprint density at radius 1 is 0.448 bits per heavy atom. The largest absolute Gasteiger partial charge is 0.494 e. The first kappa shape index (κ1) is 43.1. The summed E-state index contributed by atoms with van der Waals surface area (Å²) in [4.78, 5) is 34.7. The van der Waals surface area contributed by atoms with Crippen LogP contribution < -0.4 is 18.9 Å². The minimum Gasteiger partial charge on any atom is -0.494 e. The van der Waals surface area contributed by atoms with Crippen molar-refractivity contribution in [2.75, 3.05) is 13.2 Å². The topological polar surface area (TPSA) is 95.8 Å². The number of esters is 2. The molecule has 0 aromatic heterocycles. The zero-order valence-electron chi connectivity index (χ0n) is 33.9. The van der Waals surface area contributed by atoms with Crippen LogP contribution in [-0.2, 0) is 0 Å². The lowest BCUT2D eigenvalue weighted by Gasteiger charge is -2.08. The standard InChI is InChI=1S/C50H56N2O6/c1-3-5-7-9-11-13-34-55-45-30-22-41(23-31-45)49(53)57-47-26-18-39(19-27-47)37-51-43-16-15-17-44(36-43)52-38-40-20-28-48(29-21-40)58-50(54)42-24-32-46(33-25-42)56-35-14-12-10-8-6-4-2/h15-33,36-38H,3-14,34-35H2,1-2H3. The van der Waals surface area contributed by atoms with Crippen molar-refractivity contribution in [1.29, 1.82) is 0 Å². The monoisotopic (exact) mass is 780 g/mol. The molecule has 0 radical (unpaired) electrons. The lowest BCUT2D eigenvalue weighted by molar-refractivity contribution is 0.0725. The van der Waals surface area contributed by atoms with Gasteiger partial charge in [0.15, 0.2) is 0 Å². The molecule has 0 N–H and O–H groups in total. The molecule has 5 aromatic carbocycles. The van der Waals surface area contributed by atoms with Gasteiger partial charge in [0.2, 0.25) is 0 Å². The van der Waals surface area contributed by atoms with E-state index in [-0.39, 0.29) is 0 Å². The predicted molar refractivity (Wildman–Crippen MR) is 234 cm³/mol. The van der Waals surface area contributed by atoms with Gasteiger partial charge in [-0.3, -0.25) is 9.98 Å². The van der Waals surface area contributed by atoms with E-state index in [4.69, 9.17) is 18.9 Å². The number of unbranched alkanes of at least 4 members (excludes halogenated alkanes) is 10. The summed E-state index contributed by atoms with van der Waals surface area (Å²) < 4.78 is 22.8. The van der Waals surface area contributed by atoms with Gasteiger partial charge in [0.1, 0.15) is 23.0 Å². The number of nitrogens with zero attached hydrogens (tertiary/aromatic N) is 2. The van der Waals surface area contributed by atoms with E-state index in [1.165, 1.54) is 64.2 Å². The van der Waals surface area contributed by atoms with Crippen LogP contribution in [0.2, 0.25) is 0 Å². The molecule has 0 amide bonds. The Morgan fingerprint density at radius 3 is 1.21 bits per heavy atom. The van der Waals surface area contributed by atoms with Gasteiger partial charge in [-0.2, -0.15) is 0 Å². The lowest BCUT2D eigenvalue weighted by Crippen LogP contribution is -2.08. The van der Waals surface area contributed by atoms with Crippen LogP contribution in [0.5, 0.6) is 23.0 Å². The average molecular weight is 781 g/mol. The zero-order chi connectivity index (χ0) is 40.6. The Labute approximate surface area is 344 Å². The summed E-state index contributed by atoms with van der Waals surface area (Å²) in [6.07, 6.45) is 18.0. The SMILES string of the molecule is CCCCCCCCOc1ccc(C(=O)Oc2ccc(C=Nc3cccc(N=Cc4ccc(OC(=O)c5ccc(OCCCCCCCC)cc5)cc4)c3)cc2)cc1. The molecule has 0 fully saturated rings. The first-order valence-electron chi connectivity index (χ1n) is 20.8. The maximum absolute atomic E-state index is 12.7. The van der Waals surface area contributed by atoms with Crippen LogP contribution in [0.3, 0.4) is 0 Å². The second-order valence-electron chi connectivity index (χ2n) is 14.2. The Kier molecular flexibility index (Phi) is 18.3. The van der Waals surface area contributed by atoms with Gasteiger partial charge in [-0.25, -0.2) is 9.59 Å². The van der Waals surface area contributed by atoms with Crippen LogP contribution in [-0.4, -0.2) is 37.6 Å². The van der Waals surface area contributed by atoms with Gasteiger partial charge in [0.05, 0.1) is 35.7 Å². The molecule has 58 heavy (non-hydrogen) atoms. The molecular formula is C50H56N2O6. The number of hydrogen-bond donors (Lipinski definition) is 0. The molecule has 8 heteroatoms. The molecule has 0 aliphatic carbocycles. The van der Waals surface area contributed by atoms with Gasteiger partial charge in [-0.1, -0.05) is 84.1 Å². The number of carbonyl (C=O) groups excluding carboxylic acids is 2. The third-order valence-corrected chi connectivity index (χ3v) is 9.45. The van der Waals surface area contributed by atoms with Crippen molar-refractivity contribution < 1.29 is 28.5 Å². The van der Waals surface area contributed by atoms with Crippen molar-refractivity contribution >= 4 is 35.7 Å². The summed E-state index contributed by atoms with van der Waals surface area (Å²) in [6, 6.07) is 36.1. The number of benzene rings is 5. The molecule has 0 unspecified atom stereocenters. The summed E-state index contributed by atoms with van der Waals surface area (Å²) >= 11 is 0. The van der Waals surface area contributed by atoms with Crippen LogP contribution in [0.25, 0.3) is 0 Å². The summed E-state index contributed by atoms with van der Waals surface area (Å²) in [5.74, 6) is 1.54. The fourth-order valence-corrected chi connectivity index (χ4v) is 6.05. The van der Waals surface area contributed by atoms with Crippen LogP contribution in [0, 0.1) is 0 Å². The second kappa shape index (κ2) is 24.6. The van der Waals surface area contributed by atoms with Gasteiger partial charge in [-0.05, 0) is 139 Å². The van der Waals surface area contributed by atoms with Crippen molar-refractivity contribution in [2.45, 2.75) is 90.9 Å². The van der Waals surface area contributed by atoms with E-state index < -0.39 is 11.9 Å². The molecule has 8 nitrogen and oxygen atoms in total. The Morgan fingerprint density at radius 2 is 0.810 bits per heavy atom. The third-order valence-electron chi connectivity index (χ3n) is 9.45. The molecule has 0 aliphatic heterocycles. The van der Waals surface area contributed by atoms with Crippen molar-refractivity contribution in [3.63, 3.8) is 0 Å². The van der Waals surface area contributed by atoms with Crippen LogP contribution in [0.4, 0.5) is 11.4 Å². The van der Waals surface area contributed by atoms with Gasteiger partial charge < -0.3 is 18.9 Å². The molecule has 0 saturated carbocycles. The maximum Gasteiger partial charge on any atom is 0.343 e. The highest BCUT2D eigenvalue weighted by Crippen LogP contribution is 2.23. The van der Waals surface area contributed by atoms with Crippen LogP contribution in [0.1, 0.15) is 123 Å². The fraction of sp³-hybridized carbons (Fsp3) is 0.320. The highest BCUT2D eigenvalue weighted by atomic mass is 16.5. The summed E-state index contributed by atoms with van der Waals surface area (Å²) in [5, 5.41) is 0. The van der Waals surface area contributed by atoms with E-state index >= 15 is 0 Å². The van der Waals surface area contributed by atoms with E-state index in [0.717, 1.165) is 46.8 Å². The minimum atomic E-state index is -0.428. The van der Waals surface area contributed by atoms with Crippen LogP contribution >= 0.6 is 0 Å². The molecule has 0 saturated heterocycles. The molecule has 0 spiro atoms. The predicted octanol–water partition coefficient (Wildman–Crippen LogP) is 13.1. The van der Waals surface area contributed by atoms with Gasteiger partial charge in [0.25, 0.3) is 0 Å². The number of aliphatic imine (C=N–C) groups is 2. The number of ether oxygens (including phenoxy) is 4. The van der Waals surface area contributed by atoms with E-state index in [1.54, 1.807) is 85.2 Å². The minimum absolute atomic E-state index is 0.428. The van der Waals surface area contributed by atoms with E-state index in [1.807, 2.05) is 48.5 Å². The number of carbonyl (C=O) groups is 2. The average Bonchev–Trinajstić information content (AvgIpc) is 3.26. The van der Waals surface area contributed by atoms with Gasteiger partial charge >= 0.3 is 11.9 Å². The molecular weight excluding hydrogens is 725 g/mol. The summed E-state index contributed by atoms with van der Waals surface area (Å²) in [5.41, 5.74) is 4.10. The Bertz CT molecular complexity index is 1880. The van der Waals surface area contributed by atoms with Gasteiger partial charge in [-0.15, -0.1) is 0 Å². The van der Waals surface area contributed by atoms with Crippen molar-refractivity contribution in [3.8, 4) is 23.0 Å². The Balaban J connectivity index is 1.03. The van der Waals surface area contributed by atoms with Gasteiger partial charge in [0, 0.05) is 12.4 Å². The highest BCUT2D eigenvalue weighted by Gasteiger charge is 2.10. The lowest BCUT2D eigenvalue weighted by atomic mass is 10.1. The quantitative estimate of drug-likeness (QED) is 0.0268. The molecule has 0 heterocycles. The van der Waals surface area contributed by atoms with E-state index in [9.17, 15) is 9.59 Å². The summed E-state index contributed by atoms with van der Waals surface area (Å²) in [7, 11) is 0. The molecule has 0 bridgehead atoms. The Hall–Kier alpha value is -6.02. The molecule has 5 rings (SSSR count). The van der Waals surface area contributed by atoms with E-state index in [0.29, 0.717) is 35.8 Å². The third kappa shape index (κ3) is 15.5. The second-order valence-corrected chi connectivity index (χ2v) is 14.2. The molecule has 0 atom stereocenters. The molecule has 5 aromatic rings. The number of rotatable bonds is 24. The van der Waals surface area contributed by atoms with E-state index in [2.05, 4.69) is 23.8 Å². The normalized spacial score (nSPS) is 11.2. The first-order chi connectivity index (χ1) is 28.5. The molecule has 0 aliphatic rings. The molecule has 302 valence electrons. The van der Waals surface area contributed by atoms with Crippen molar-refractivity contribution in [2.24, 2.45) is 9.98 Å². The zero-order valence-corrected chi connectivity index (χ0v) is 33.9. The summed E-state index contributed by atoms with van der Waals surface area (Å²) in [6.45, 7) is 5.79. The number of hydrogen-bond acceptors (Lipinski definition) is 8.